The smallest absolute Gasteiger partial charge is 0.159 e. The Labute approximate surface area is 135 Å². The molecule has 0 bridgehead atoms. The van der Waals surface area contributed by atoms with Crippen molar-refractivity contribution in [3.63, 3.8) is 0 Å². The third-order valence-electron chi connectivity index (χ3n) is 4.74. The van der Waals surface area contributed by atoms with Gasteiger partial charge in [0.2, 0.25) is 0 Å². The van der Waals surface area contributed by atoms with E-state index in [9.17, 15) is 4.39 Å². The van der Waals surface area contributed by atoms with Gasteiger partial charge in [0.1, 0.15) is 5.82 Å². The van der Waals surface area contributed by atoms with E-state index in [2.05, 4.69) is 9.88 Å². The van der Waals surface area contributed by atoms with Gasteiger partial charge in [-0.25, -0.2) is 14.4 Å². The molecule has 2 fully saturated rings. The molecule has 0 unspecified atom stereocenters. The molecule has 0 atom stereocenters. The molecule has 2 heterocycles. The average Bonchev–Trinajstić information content (AvgIpc) is 3.41. The zero-order valence-corrected chi connectivity index (χ0v) is 13.1. The van der Waals surface area contributed by atoms with Gasteiger partial charge in [-0.2, -0.15) is 0 Å². The molecule has 2 aromatic rings. The molecular formula is C18H21FN4. The van der Waals surface area contributed by atoms with Crippen molar-refractivity contribution in [2.45, 2.75) is 37.6 Å². The van der Waals surface area contributed by atoms with Crippen molar-refractivity contribution >= 4 is 5.69 Å². The van der Waals surface area contributed by atoms with E-state index in [1.165, 1.54) is 25.0 Å². The molecular weight excluding hydrogens is 291 g/mol. The van der Waals surface area contributed by atoms with E-state index in [-0.39, 0.29) is 5.82 Å². The molecule has 0 radical (unpaired) electrons. The zero-order valence-electron chi connectivity index (χ0n) is 13.1. The number of benzene rings is 1. The van der Waals surface area contributed by atoms with Crippen molar-refractivity contribution in [2.24, 2.45) is 5.73 Å². The van der Waals surface area contributed by atoms with Gasteiger partial charge in [-0.1, -0.05) is 0 Å². The summed E-state index contributed by atoms with van der Waals surface area (Å²) >= 11 is 0. The van der Waals surface area contributed by atoms with Crippen LogP contribution >= 0.6 is 0 Å². The Hall–Kier alpha value is -2.01. The summed E-state index contributed by atoms with van der Waals surface area (Å²) in [4.78, 5) is 11.7. The molecule has 23 heavy (non-hydrogen) atoms. The third kappa shape index (κ3) is 3.06. The second-order valence-corrected chi connectivity index (χ2v) is 6.57. The first-order valence-corrected chi connectivity index (χ1v) is 8.34. The molecule has 1 aliphatic heterocycles. The normalized spacial score (nSPS) is 19.1. The molecule has 5 heteroatoms. The fraction of sp³-hybridized carbons (Fsp3) is 0.444. The highest BCUT2D eigenvalue weighted by molar-refractivity contribution is 5.60. The summed E-state index contributed by atoms with van der Waals surface area (Å²) in [5.74, 6) is 0.990. The molecule has 1 saturated heterocycles. The van der Waals surface area contributed by atoms with Crippen molar-refractivity contribution in [1.29, 1.82) is 0 Å². The summed E-state index contributed by atoms with van der Waals surface area (Å²) in [6, 6.07) is 6.70. The monoisotopic (exact) mass is 312 g/mol. The predicted molar refractivity (Wildman–Crippen MR) is 88.8 cm³/mol. The number of nitrogens with zero attached hydrogens (tertiary/aromatic N) is 3. The summed E-state index contributed by atoms with van der Waals surface area (Å²) in [5.41, 5.74) is 9.18. The van der Waals surface area contributed by atoms with Crippen molar-refractivity contribution in [2.75, 3.05) is 18.0 Å². The molecule has 4 rings (SSSR count). The highest BCUT2D eigenvalue weighted by atomic mass is 19.1. The molecule has 1 aromatic heterocycles. The molecule has 0 spiro atoms. The van der Waals surface area contributed by atoms with Crippen LogP contribution < -0.4 is 10.6 Å². The van der Waals surface area contributed by atoms with Crippen LogP contribution in [0.1, 0.15) is 37.3 Å². The number of nitrogens with two attached hydrogens (primary N) is 1. The van der Waals surface area contributed by atoms with E-state index >= 15 is 0 Å². The second-order valence-electron chi connectivity index (χ2n) is 6.57. The fourth-order valence-corrected chi connectivity index (χ4v) is 3.17. The summed E-state index contributed by atoms with van der Waals surface area (Å²) in [6.07, 6.45) is 6.37. The lowest BCUT2D eigenvalue weighted by Gasteiger charge is -2.32. The molecule has 2 N–H and O–H groups in total. The van der Waals surface area contributed by atoms with E-state index < -0.39 is 0 Å². The van der Waals surface area contributed by atoms with Gasteiger partial charge in [-0.15, -0.1) is 0 Å². The Morgan fingerprint density at radius 3 is 2.39 bits per heavy atom. The Balaban J connectivity index is 1.67. The predicted octanol–water partition coefficient (Wildman–Crippen LogP) is 3.09. The molecule has 1 aliphatic carbocycles. The van der Waals surface area contributed by atoms with Crippen molar-refractivity contribution < 1.29 is 4.39 Å². The van der Waals surface area contributed by atoms with E-state index in [0.29, 0.717) is 17.8 Å². The van der Waals surface area contributed by atoms with Crippen molar-refractivity contribution in [3.8, 4) is 11.4 Å². The molecule has 1 saturated carbocycles. The van der Waals surface area contributed by atoms with Gasteiger partial charge in [0.25, 0.3) is 0 Å². The lowest BCUT2D eigenvalue weighted by atomic mass is 10.0. The van der Waals surface area contributed by atoms with Gasteiger partial charge in [0.15, 0.2) is 5.82 Å². The number of anilines is 1. The number of hydrogen-bond donors (Lipinski definition) is 1. The number of aromatic nitrogens is 2. The maximum absolute atomic E-state index is 13.1. The van der Waals surface area contributed by atoms with Crippen LogP contribution in [0.3, 0.4) is 0 Å². The molecule has 0 amide bonds. The summed E-state index contributed by atoms with van der Waals surface area (Å²) in [7, 11) is 0. The maximum atomic E-state index is 13.1. The van der Waals surface area contributed by atoms with E-state index in [1.54, 1.807) is 12.1 Å². The number of rotatable bonds is 3. The van der Waals surface area contributed by atoms with Gasteiger partial charge in [-0.05, 0) is 49.9 Å². The minimum Gasteiger partial charge on any atom is -0.369 e. The van der Waals surface area contributed by atoms with Gasteiger partial charge < -0.3 is 10.6 Å². The first-order valence-electron chi connectivity index (χ1n) is 8.34. The maximum Gasteiger partial charge on any atom is 0.159 e. The summed E-state index contributed by atoms with van der Waals surface area (Å²) < 4.78 is 13.1. The molecule has 120 valence electrons. The van der Waals surface area contributed by atoms with E-state index in [4.69, 9.17) is 10.7 Å². The summed E-state index contributed by atoms with van der Waals surface area (Å²) in [5, 5.41) is 0. The van der Waals surface area contributed by atoms with Crippen LogP contribution in [-0.2, 0) is 0 Å². The van der Waals surface area contributed by atoms with Crippen LogP contribution in [0.4, 0.5) is 10.1 Å². The lowest BCUT2D eigenvalue weighted by Crippen LogP contribution is -2.40. The molecule has 2 aliphatic rings. The average molecular weight is 312 g/mol. The Morgan fingerprint density at radius 2 is 1.74 bits per heavy atom. The molecule has 4 nitrogen and oxygen atoms in total. The van der Waals surface area contributed by atoms with Crippen molar-refractivity contribution in [3.05, 3.63) is 42.0 Å². The van der Waals surface area contributed by atoms with Gasteiger partial charge in [-0.3, -0.25) is 0 Å². The standard InChI is InChI=1S/C18H21FN4/c19-14-5-3-13(4-6-14)18-21-11-16(17(22-18)12-1-2-12)23-9-7-15(20)8-10-23/h3-6,11-12,15H,1-2,7-10,20H2. The fourth-order valence-electron chi connectivity index (χ4n) is 3.17. The molecule has 1 aromatic carbocycles. The number of hydrogen-bond acceptors (Lipinski definition) is 4. The van der Waals surface area contributed by atoms with Crippen LogP contribution in [0.5, 0.6) is 0 Å². The Bertz CT molecular complexity index is 689. The Kier molecular flexibility index (Phi) is 3.73. The van der Waals surface area contributed by atoms with Crippen LogP contribution in [-0.4, -0.2) is 29.1 Å². The zero-order chi connectivity index (χ0) is 15.8. The van der Waals surface area contributed by atoms with Crippen LogP contribution in [0, 0.1) is 5.82 Å². The third-order valence-corrected chi connectivity index (χ3v) is 4.74. The van der Waals surface area contributed by atoms with Crippen LogP contribution in [0.15, 0.2) is 30.5 Å². The quantitative estimate of drug-likeness (QED) is 0.946. The van der Waals surface area contributed by atoms with Crippen LogP contribution in [0.2, 0.25) is 0 Å². The van der Waals surface area contributed by atoms with E-state index in [0.717, 1.165) is 42.9 Å². The van der Waals surface area contributed by atoms with Crippen LogP contribution in [0.25, 0.3) is 11.4 Å². The highest BCUT2D eigenvalue weighted by Gasteiger charge is 2.31. The number of halogens is 1. The first-order chi connectivity index (χ1) is 11.2. The highest BCUT2D eigenvalue weighted by Crippen LogP contribution is 2.44. The first kappa shape index (κ1) is 14.6. The minimum atomic E-state index is -0.238. The number of piperidine rings is 1. The minimum absolute atomic E-state index is 0.238. The largest absolute Gasteiger partial charge is 0.369 e. The Morgan fingerprint density at radius 1 is 1.04 bits per heavy atom. The SMILES string of the molecule is NC1CCN(c2cnc(-c3ccc(F)cc3)nc2C2CC2)CC1. The summed E-state index contributed by atoms with van der Waals surface area (Å²) in [6.45, 7) is 1.94. The van der Waals surface area contributed by atoms with E-state index in [1.807, 2.05) is 6.20 Å². The topological polar surface area (TPSA) is 55.0 Å². The van der Waals surface area contributed by atoms with Gasteiger partial charge in [0, 0.05) is 30.6 Å². The lowest BCUT2D eigenvalue weighted by molar-refractivity contribution is 0.499. The van der Waals surface area contributed by atoms with Gasteiger partial charge in [0.05, 0.1) is 17.6 Å². The van der Waals surface area contributed by atoms with Gasteiger partial charge >= 0.3 is 0 Å². The second kappa shape index (κ2) is 5.89. The van der Waals surface area contributed by atoms with Crippen molar-refractivity contribution in [1.82, 2.24) is 9.97 Å².